The second kappa shape index (κ2) is 8.67. The van der Waals surface area contributed by atoms with Gasteiger partial charge in [0.2, 0.25) is 0 Å². The summed E-state index contributed by atoms with van der Waals surface area (Å²) in [4.78, 5) is 34.1. The van der Waals surface area contributed by atoms with E-state index in [4.69, 9.17) is 23.2 Å². The Balaban J connectivity index is 1.63. The first-order chi connectivity index (χ1) is 14.9. The minimum absolute atomic E-state index is 0.0510. The molecule has 0 radical (unpaired) electrons. The fourth-order valence-corrected chi connectivity index (χ4v) is 3.42. The molecule has 0 saturated carbocycles. The Morgan fingerprint density at radius 3 is 2.26 bits per heavy atom. The molecule has 2 heterocycles. The van der Waals surface area contributed by atoms with Gasteiger partial charge in [-0.15, -0.1) is 0 Å². The molecule has 2 amide bonds. The van der Waals surface area contributed by atoms with Crippen LogP contribution in [-0.2, 0) is 0 Å². The molecule has 0 unspecified atom stereocenters. The highest BCUT2D eigenvalue weighted by Gasteiger charge is 2.18. The van der Waals surface area contributed by atoms with Crippen LogP contribution >= 0.6 is 23.2 Å². The second-order valence-electron chi connectivity index (χ2n) is 6.44. The number of para-hydroxylation sites is 1. The van der Waals surface area contributed by atoms with E-state index in [1.807, 2.05) is 6.07 Å². The molecule has 4 rings (SSSR count). The van der Waals surface area contributed by atoms with Gasteiger partial charge in [-0.2, -0.15) is 0 Å². The molecule has 0 atom stereocenters. The van der Waals surface area contributed by atoms with E-state index in [0.717, 1.165) is 12.1 Å². The Hall–Kier alpha value is -3.55. The van der Waals surface area contributed by atoms with Crippen molar-refractivity contribution < 1.29 is 14.0 Å². The molecule has 6 nitrogen and oxygen atoms in total. The molecule has 2 aromatic carbocycles. The Morgan fingerprint density at radius 1 is 0.806 bits per heavy atom. The third kappa shape index (κ3) is 4.33. The second-order valence-corrected chi connectivity index (χ2v) is 7.26. The van der Waals surface area contributed by atoms with E-state index < -0.39 is 17.6 Å². The Kier molecular flexibility index (Phi) is 5.79. The number of carbonyl (C=O) groups is 2. The SMILES string of the molecule is O=C(NNC(=O)c1cc(-c2ccccn2)nc2ccccc12)c1cc(F)c(Cl)cc1Cl. The molecule has 0 aliphatic carbocycles. The number of hydrazine groups is 1. The molecule has 0 saturated heterocycles. The number of benzene rings is 2. The normalized spacial score (nSPS) is 10.7. The lowest BCUT2D eigenvalue weighted by molar-refractivity contribution is 0.0847. The third-order valence-corrected chi connectivity index (χ3v) is 5.03. The van der Waals surface area contributed by atoms with Gasteiger partial charge in [-0.25, -0.2) is 9.37 Å². The first-order valence-corrected chi connectivity index (χ1v) is 9.76. The monoisotopic (exact) mass is 454 g/mol. The zero-order chi connectivity index (χ0) is 22.0. The van der Waals surface area contributed by atoms with Crippen molar-refractivity contribution in [2.24, 2.45) is 0 Å². The maximum Gasteiger partial charge on any atom is 0.271 e. The number of aromatic nitrogens is 2. The van der Waals surface area contributed by atoms with Gasteiger partial charge < -0.3 is 0 Å². The molecule has 0 spiro atoms. The van der Waals surface area contributed by atoms with Crippen molar-refractivity contribution in [2.75, 3.05) is 0 Å². The van der Waals surface area contributed by atoms with Crippen LogP contribution in [0.25, 0.3) is 22.3 Å². The predicted molar refractivity (Wildman–Crippen MR) is 116 cm³/mol. The van der Waals surface area contributed by atoms with Crippen molar-refractivity contribution in [3.8, 4) is 11.4 Å². The van der Waals surface area contributed by atoms with E-state index in [-0.39, 0.29) is 21.2 Å². The fraction of sp³-hybridized carbons (Fsp3) is 0. The Bertz CT molecular complexity index is 1320. The number of nitrogens with one attached hydrogen (secondary N) is 2. The molecule has 0 bridgehead atoms. The first-order valence-electron chi connectivity index (χ1n) is 9.00. The summed E-state index contributed by atoms with van der Waals surface area (Å²) >= 11 is 11.6. The number of hydrogen-bond donors (Lipinski definition) is 2. The summed E-state index contributed by atoms with van der Waals surface area (Å²) in [7, 11) is 0. The summed E-state index contributed by atoms with van der Waals surface area (Å²) in [5.41, 5.74) is 6.36. The zero-order valence-corrected chi connectivity index (χ0v) is 17.2. The molecule has 0 aliphatic rings. The first kappa shape index (κ1) is 20.7. The van der Waals surface area contributed by atoms with Crippen LogP contribution in [0.15, 0.2) is 66.9 Å². The number of halogens is 3. The van der Waals surface area contributed by atoms with Gasteiger partial charge in [0.05, 0.1) is 38.1 Å². The van der Waals surface area contributed by atoms with Gasteiger partial charge in [0, 0.05) is 11.6 Å². The third-order valence-electron chi connectivity index (χ3n) is 4.43. The van der Waals surface area contributed by atoms with Crippen LogP contribution in [0.3, 0.4) is 0 Å². The van der Waals surface area contributed by atoms with Crippen LogP contribution in [0, 0.1) is 5.82 Å². The largest absolute Gasteiger partial charge is 0.271 e. The molecule has 9 heteroatoms. The molecular formula is C22H13Cl2FN4O2. The molecular weight excluding hydrogens is 442 g/mol. The average Bonchev–Trinajstić information content (AvgIpc) is 2.79. The topological polar surface area (TPSA) is 84.0 Å². The number of carbonyl (C=O) groups excluding carboxylic acids is 2. The minimum atomic E-state index is -0.803. The van der Waals surface area contributed by atoms with Crippen LogP contribution in [0.5, 0.6) is 0 Å². The number of pyridine rings is 2. The van der Waals surface area contributed by atoms with Crippen LogP contribution in [0.4, 0.5) is 4.39 Å². The highest BCUT2D eigenvalue weighted by atomic mass is 35.5. The number of rotatable bonds is 3. The molecule has 2 aromatic heterocycles. The van der Waals surface area contributed by atoms with Crippen LogP contribution in [0.1, 0.15) is 20.7 Å². The van der Waals surface area contributed by atoms with Crippen LogP contribution in [-0.4, -0.2) is 21.8 Å². The molecule has 154 valence electrons. The van der Waals surface area contributed by atoms with Crippen molar-refractivity contribution in [2.45, 2.75) is 0 Å². The zero-order valence-electron chi connectivity index (χ0n) is 15.7. The average molecular weight is 455 g/mol. The van der Waals surface area contributed by atoms with Crippen molar-refractivity contribution in [1.82, 2.24) is 20.8 Å². The summed E-state index contributed by atoms with van der Waals surface area (Å²) in [6.07, 6.45) is 1.63. The summed E-state index contributed by atoms with van der Waals surface area (Å²) in [6.45, 7) is 0. The van der Waals surface area contributed by atoms with E-state index >= 15 is 0 Å². The van der Waals surface area contributed by atoms with Crippen molar-refractivity contribution in [3.05, 3.63) is 93.8 Å². The van der Waals surface area contributed by atoms with Gasteiger partial charge in [-0.05, 0) is 36.4 Å². The molecule has 2 N–H and O–H groups in total. The van der Waals surface area contributed by atoms with Gasteiger partial charge >= 0.3 is 0 Å². The standard InChI is InChI=1S/C22H13Cl2FN4O2/c23-15-11-16(24)17(25)9-14(15)22(31)29-28-21(30)13-10-20(19-7-3-4-8-26-19)27-18-6-2-1-5-12(13)18/h1-11H,(H,28,30)(H,29,31). The summed E-state index contributed by atoms with van der Waals surface area (Å²) in [5.74, 6) is -2.19. The van der Waals surface area contributed by atoms with Gasteiger partial charge in [-0.1, -0.05) is 47.5 Å². The van der Waals surface area contributed by atoms with E-state index in [0.29, 0.717) is 22.3 Å². The minimum Gasteiger partial charge on any atom is -0.267 e. The quantitative estimate of drug-likeness (QED) is 0.343. The van der Waals surface area contributed by atoms with Crippen LogP contribution < -0.4 is 10.9 Å². The van der Waals surface area contributed by atoms with Crippen molar-refractivity contribution in [1.29, 1.82) is 0 Å². The number of fused-ring (bicyclic) bond motifs is 1. The molecule has 4 aromatic rings. The van der Waals surface area contributed by atoms with Gasteiger partial charge in [0.15, 0.2) is 0 Å². The fourth-order valence-electron chi connectivity index (χ4n) is 2.95. The number of amides is 2. The number of nitrogens with zero attached hydrogens (tertiary/aromatic N) is 2. The lowest BCUT2D eigenvalue weighted by Gasteiger charge is -2.12. The molecule has 0 aliphatic heterocycles. The Labute approximate surface area is 186 Å². The van der Waals surface area contributed by atoms with E-state index in [2.05, 4.69) is 20.8 Å². The van der Waals surface area contributed by atoms with Gasteiger partial charge in [0.25, 0.3) is 11.8 Å². The molecule has 0 fully saturated rings. The maximum atomic E-state index is 13.7. The van der Waals surface area contributed by atoms with Crippen molar-refractivity contribution >= 4 is 45.9 Å². The highest BCUT2D eigenvalue weighted by Crippen LogP contribution is 2.25. The van der Waals surface area contributed by atoms with E-state index in [1.165, 1.54) is 0 Å². The summed E-state index contributed by atoms with van der Waals surface area (Å²) in [6, 6.07) is 16.1. The number of hydrogen-bond acceptors (Lipinski definition) is 4. The molecule has 31 heavy (non-hydrogen) atoms. The summed E-state index contributed by atoms with van der Waals surface area (Å²) in [5, 5.41) is 0.324. The van der Waals surface area contributed by atoms with Crippen LogP contribution in [0.2, 0.25) is 10.0 Å². The van der Waals surface area contributed by atoms with E-state index in [1.54, 1.807) is 48.7 Å². The van der Waals surface area contributed by atoms with Crippen molar-refractivity contribution in [3.63, 3.8) is 0 Å². The lowest BCUT2D eigenvalue weighted by atomic mass is 10.1. The van der Waals surface area contributed by atoms with E-state index in [9.17, 15) is 14.0 Å². The highest BCUT2D eigenvalue weighted by molar-refractivity contribution is 6.36. The van der Waals surface area contributed by atoms with Gasteiger partial charge in [-0.3, -0.25) is 25.4 Å². The lowest BCUT2D eigenvalue weighted by Crippen LogP contribution is -2.41. The summed E-state index contributed by atoms with van der Waals surface area (Å²) < 4.78 is 13.7. The van der Waals surface area contributed by atoms with Gasteiger partial charge in [0.1, 0.15) is 5.82 Å². The smallest absolute Gasteiger partial charge is 0.267 e. The predicted octanol–water partition coefficient (Wildman–Crippen LogP) is 4.82. The Morgan fingerprint density at radius 2 is 1.52 bits per heavy atom. The maximum absolute atomic E-state index is 13.7.